The van der Waals surface area contributed by atoms with E-state index in [1.54, 1.807) is 4.68 Å². The first-order valence-corrected chi connectivity index (χ1v) is 7.81. The molecule has 0 aliphatic heterocycles. The van der Waals surface area contributed by atoms with Gasteiger partial charge in [-0.1, -0.05) is 18.2 Å². The molecule has 1 N–H and O–H groups in total. The van der Waals surface area contributed by atoms with Crippen molar-refractivity contribution in [1.82, 2.24) is 15.1 Å². The molecule has 1 aromatic heterocycles. The smallest absolute Gasteiger partial charge is 0.254 e. The van der Waals surface area contributed by atoms with E-state index in [2.05, 4.69) is 10.4 Å². The van der Waals surface area contributed by atoms with Crippen molar-refractivity contribution < 1.29 is 13.6 Å². The molecule has 0 atom stereocenters. The second-order valence-corrected chi connectivity index (χ2v) is 5.70. The zero-order chi connectivity index (χ0) is 18.0. The van der Waals surface area contributed by atoms with Crippen LogP contribution in [0.5, 0.6) is 0 Å². The minimum atomic E-state index is -0.883. The molecule has 0 radical (unpaired) electrons. The molecule has 4 nitrogen and oxygen atoms in total. The van der Waals surface area contributed by atoms with Gasteiger partial charge in [0.15, 0.2) is 0 Å². The first-order chi connectivity index (χ1) is 12.0. The van der Waals surface area contributed by atoms with Gasteiger partial charge in [-0.15, -0.1) is 0 Å². The Kier molecular flexibility index (Phi) is 4.61. The number of carbonyl (C=O) groups is 1. The molecular formula is C19H17F2N3O. The second-order valence-electron chi connectivity index (χ2n) is 5.70. The van der Waals surface area contributed by atoms with Gasteiger partial charge in [-0.05, 0) is 38.1 Å². The molecule has 3 aromatic rings. The number of halogens is 2. The normalized spacial score (nSPS) is 10.7. The molecule has 1 amide bonds. The fourth-order valence-corrected chi connectivity index (χ4v) is 2.69. The minimum absolute atomic E-state index is 0.188. The molecule has 25 heavy (non-hydrogen) atoms. The number of hydrogen-bond acceptors (Lipinski definition) is 2. The average Bonchev–Trinajstić information content (AvgIpc) is 2.88. The highest BCUT2D eigenvalue weighted by Crippen LogP contribution is 2.18. The van der Waals surface area contributed by atoms with Crippen molar-refractivity contribution in [3.63, 3.8) is 0 Å². The molecular weight excluding hydrogens is 324 g/mol. The van der Waals surface area contributed by atoms with E-state index in [-0.39, 0.29) is 12.1 Å². The molecule has 128 valence electrons. The predicted octanol–water partition coefficient (Wildman–Crippen LogP) is 3.70. The number of hydrogen-bond donors (Lipinski definition) is 1. The van der Waals surface area contributed by atoms with E-state index in [0.717, 1.165) is 34.8 Å². The third-order valence-electron chi connectivity index (χ3n) is 4.04. The largest absolute Gasteiger partial charge is 0.348 e. The lowest BCUT2D eigenvalue weighted by Gasteiger charge is -2.08. The van der Waals surface area contributed by atoms with Gasteiger partial charge < -0.3 is 5.32 Å². The molecule has 6 heteroatoms. The number of nitrogens with zero attached hydrogens (tertiary/aromatic N) is 2. The Bertz CT molecular complexity index is 920. The van der Waals surface area contributed by atoms with Crippen LogP contribution in [0, 0.1) is 25.5 Å². The lowest BCUT2D eigenvalue weighted by Crippen LogP contribution is -2.24. The number of aryl methyl sites for hydroxylation is 1. The van der Waals surface area contributed by atoms with Crippen LogP contribution < -0.4 is 5.32 Å². The van der Waals surface area contributed by atoms with Gasteiger partial charge in [0.1, 0.15) is 11.6 Å². The fourth-order valence-electron chi connectivity index (χ4n) is 2.69. The molecule has 1 heterocycles. The lowest BCUT2D eigenvalue weighted by atomic mass is 10.1. The summed E-state index contributed by atoms with van der Waals surface area (Å²) in [6, 6.07) is 12.5. The van der Waals surface area contributed by atoms with E-state index < -0.39 is 17.5 Å². The minimum Gasteiger partial charge on any atom is -0.348 e. The predicted molar refractivity (Wildman–Crippen MR) is 90.6 cm³/mol. The number of para-hydroxylation sites is 1. The third-order valence-corrected chi connectivity index (χ3v) is 4.04. The number of benzene rings is 2. The van der Waals surface area contributed by atoms with Crippen LogP contribution in [0.15, 0.2) is 48.5 Å². The van der Waals surface area contributed by atoms with E-state index in [9.17, 15) is 13.6 Å². The summed E-state index contributed by atoms with van der Waals surface area (Å²) in [5, 5.41) is 7.17. The molecule has 0 fully saturated rings. The SMILES string of the molecule is Cc1nn(-c2ccccc2)c(C)c1CNC(=O)c1ccc(F)cc1F. The van der Waals surface area contributed by atoms with E-state index >= 15 is 0 Å². The van der Waals surface area contributed by atoms with Crippen molar-refractivity contribution in [2.45, 2.75) is 20.4 Å². The Balaban J connectivity index is 1.80. The Hall–Kier alpha value is -3.02. The van der Waals surface area contributed by atoms with Gasteiger partial charge >= 0.3 is 0 Å². The third kappa shape index (κ3) is 3.42. The zero-order valence-electron chi connectivity index (χ0n) is 13.9. The van der Waals surface area contributed by atoms with Crippen LogP contribution in [-0.2, 0) is 6.54 Å². The van der Waals surface area contributed by atoms with Gasteiger partial charge in [0, 0.05) is 23.9 Å². The molecule has 0 saturated carbocycles. The van der Waals surface area contributed by atoms with Crippen LogP contribution in [0.4, 0.5) is 8.78 Å². The maximum atomic E-state index is 13.7. The molecule has 3 rings (SSSR count). The number of amides is 1. The monoisotopic (exact) mass is 341 g/mol. The number of aromatic nitrogens is 2. The molecule has 0 aliphatic rings. The zero-order valence-corrected chi connectivity index (χ0v) is 13.9. The summed E-state index contributed by atoms with van der Waals surface area (Å²) < 4.78 is 28.4. The van der Waals surface area contributed by atoms with Crippen molar-refractivity contribution in [2.24, 2.45) is 0 Å². The summed E-state index contributed by atoms with van der Waals surface area (Å²) in [5.41, 5.74) is 3.27. The van der Waals surface area contributed by atoms with Crippen molar-refractivity contribution in [1.29, 1.82) is 0 Å². The van der Waals surface area contributed by atoms with Crippen LogP contribution in [0.1, 0.15) is 27.3 Å². The topological polar surface area (TPSA) is 46.9 Å². The summed E-state index contributed by atoms with van der Waals surface area (Å²) in [7, 11) is 0. The highest BCUT2D eigenvalue weighted by atomic mass is 19.1. The lowest BCUT2D eigenvalue weighted by molar-refractivity contribution is 0.0946. The molecule has 0 unspecified atom stereocenters. The van der Waals surface area contributed by atoms with Gasteiger partial charge in [-0.2, -0.15) is 5.10 Å². The van der Waals surface area contributed by atoms with Crippen molar-refractivity contribution in [3.05, 3.63) is 82.7 Å². The van der Waals surface area contributed by atoms with Gasteiger partial charge in [0.2, 0.25) is 0 Å². The molecule has 0 saturated heterocycles. The van der Waals surface area contributed by atoms with Crippen LogP contribution in [-0.4, -0.2) is 15.7 Å². The maximum absolute atomic E-state index is 13.7. The molecule has 2 aromatic carbocycles. The first kappa shape index (κ1) is 16.8. The fraction of sp³-hybridized carbons (Fsp3) is 0.158. The number of carbonyl (C=O) groups excluding carboxylic acids is 1. The standard InChI is InChI=1S/C19H17F2N3O/c1-12-17(13(2)24(23-12)15-6-4-3-5-7-15)11-22-19(25)16-9-8-14(20)10-18(16)21/h3-10H,11H2,1-2H3,(H,22,25). The van der Waals surface area contributed by atoms with E-state index in [1.807, 2.05) is 44.2 Å². The van der Waals surface area contributed by atoms with Crippen molar-refractivity contribution >= 4 is 5.91 Å². The average molecular weight is 341 g/mol. The highest BCUT2D eigenvalue weighted by Gasteiger charge is 2.16. The van der Waals surface area contributed by atoms with Crippen LogP contribution in [0.25, 0.3) is 5.69 Å². The highest BCUT2D eigenvalue weighted by molar-refractivity contribution is 5.94. The van der Waals surface area contributed by atoms with Gasteiger partial charge in [-0.3, -0.25) is 4.79 Å². The molecule has 0 spiro atoms. The van der Waals surface area contributed by atoms with Crippen LogP contribution in [0.3, 0.4) is 0 Å². The Morgan fingerprint density at radius 2 is 1.84 bits per heavy atom. The van der Waals surface area contributed by atoms with Crippen molar-refractivity contribution in [2.75, 3.05) is 0 Å². The quantitative estimate of drug-likeness (QED) is 0.787. The summed E-state index contributed by atoms with van der Waals surface area (Å²) in [6.45, 7) is 3.97. The van der Waals surface area contributed by atoms with Gasteiger partial charge in [0.05, 0.1) is 16.9 Å². The Morgan fingerprint density at radius 3 is 2.52 bits per heavy atom. The van der Waals surface area contributed by atoms with E-state index in [0.29, 0.717) is 6.07 Å². The Labute approximate surface area is 144 Å². The maximum Gasteiger partial charge on any atom is 0.254 e. The van der Waals surface area contributed by atoms with E-state index in [4.69, 9.17) is 0 Å². The van der Waals surface area contributed by atoms with Crippen LogP contribution >= 0.6 is 0 Å². The van der Waals surface area contributed by atoms with E-state index in [1.165, 1.54) is 0 Å². The summed E-state index contributed by atoms with van der Waals surface area (Å²) in [6.07, 6.45) is 0. The second kappa shape index (κ2) is 6.84. The molecule has 0 aliphatic carbocycles. The van der Waals surface area contributed by atoms with Crippen LogP contribution in [0.2, 0.25) is 0 Å². The summed E-state index contributed by atoms with van der Waals surface area (Å²) >= 11 is 0. The van der Waals surface area contributed by atoms with Gasteiger partial charge in [0.25, 0.3) is 5.91 Å². The van der Waals surface area contributed by atoms with Crippen molar-refractivity contribution in [3.8, 4) is 5.69 Å². The summed E-state index contributed by atoms with van der Waals surface area (Å²) in [5.74, 6) is -2.19. The number of rotatable bonds is 4. The first-order valence-electron chi connectivity index (χ1n) is 7.81. The number of nitrogens with one attached hydrogen (secondary N) is 1. The molecule has 0 bridgehead atoms. The summed E-state index contributed by atoms with van der Waals surface area (Å²) in [4.78, 5) is 12.1. The Morgan fingerprint density at radius 1 is 1.12 bits per heavy atom. The van der Waals surface area contributed by atoms with Gasteiger partial charge in [-0.25, -0.2) is 13.5 Å².